The molecule has 0 spiro atoms. The Morgan fingerprint density at radius 1 is 1.15 bits per heavy atom. The molecule has 1 unspecified atom stereocenters. The first-order valence-corrected chi connectivity index (χ1v) is 9.43. The van der Waals surface area contributed by atoms with Crippen LogP contribution in [0, 0.1) is 6.92 Å². The number of aromatic nitrogens is 4. The third-order valence-corrected chi connectivity index (χ3v) is 5.96. The van der Waals surface area contributed by atoms with Crippen molar-refractivity contribution in [2.24, 2.45) is 0 Å². The van der Waals surface area contributed by atoms with E-state index in [0.717, 1.165) is 54.5 Å². The van der Waals surface area contributed by atoms with Crippen molar-refractivity contribution in [3.63, 3.8) is 0 Å². The van der Waals surface area contributed by atoms with Gasteiger partial charge >= 0.3 is 0 Å². The van der Waals surface area contributed by atoms with Gasteiger partial charge in [0, 0.05) is 48.1 Å². The summed E-state index contributed by atoms with van der Waals surface area (Å²) in [6, 6.07) is 8.38. The van der Waals surface area contributed by atoms with Crippen molar-refractivity contribution >= 4 is 11.6 Å². The zero-order valence-corrected chi connectivity index (χ0v) is 15.4. The summed E-state index contributed by atoms with van der Waals surface area (Å²) in [6.45, 7) is 3.95. The van der Waals surface area contributed by atoms with Gasteiger partial charge in [0.2, 0.25) is 0 Å². The lowest BCUT2D eigenvalue weighted by Crippen LogP contribution is -2.35. The van der Waals surface area contributed by atoms with Crippen LogP contribution in [0.5, 0.6) is 0 Å². The molecule has 2 aromatic heterocycles. The van der Waals surface area contributed by atoms with Crippen LogP contribution >= 0.6 is 11.6 Å². The highest BCUT2D eigenvalue weighted by molar-refractivity contribution is 6.33. The highest BCUT2D eigenvalue weighted by atomic mass is 35.5. The Balaban J connectivity index is 1.38. The van der Waals surface area contributed by atoms with Crippen molar-refractivity contribution in [3.8, 4) is 11.4 Å². The molecule has 3 aromatic rings. The maximum absolute atomic E-state index is 6.34. The summed E-state index contributed by atoms with van der Waals surface area (Å²) in [4.78, 5) is 19.7. The minimum absolute atomic E-state index is 0.510. The van der Waals surface area contributed by atoms with E-state index in [9.17, 15) is 0 Å². The number of imidazole rings is 1. The van der Waals surface area contributed by atoms with E-state index in [2.05, 4.69) is 26.8 Å². The molecule has 0 bridgehead atoms. The van der Waals surface area contributed by atoms with Gasteiger partial charge in [-0.05, 0) is 31.9 Å². The van der Waals surface area contributed by atoms with Crippen LogP contribution < -0.4 is 0 Å². The molecule has 2 aliphatic rings. The van der Waals surface area contributed by atoms with E-state index in [-0.39, 0.29) is 0 Å². The lowest BCUT2D eigenvalue weighted by atomic mass is 9.95. The van der Waals surface area contributed by atoms with Crippen LogP contribution in [0.2, 0.25) is 5.02 Å². The van der Waals surface area contributed by atoms with Crippen LogP contribution in [-0.2, 0) is 25.9 Å². The summed E-state index contributed by atoms with van der Waals surface area (Å²) >= 11 is 6.34. The molecular formula is C20H20ClN5. The molecule has 5 rings (SSSR count). The number of benzene rings is 1. The number of halogens is 1. The van der Waals surface area contributed by atoms with E-state index in [1.54, 1.807) is 6.33 Å². The summed E-state index contributed by atoms with van der Waals surface area (Å²) in [5, 5.41) is 0.735. The molecule has 0 saturated carbocycles. The van der Waals surface area contributed by atoms with Gasteiger partial charge in [-0.3, -0.25) is 4.90 Å². The smallest absolute Gasteiger partial charge is 0.139 e. The van der Waals surface area contributed by atoms with Crippen molar-refractivity contribution in [2.75, 3.05) is 0 Å². The predicted molar refractivity (Wildman–Crippen MR) is 101 cm³/mol. The van der Waals surface area contributed by atoms with Gasteiger partial charge in [-0.1, -0.05) is 23.7 Å². The first-order valence-electron chi connectivity index (χ1n) is 9.05. The molecule has 0 fully saturated rings. The van der Waals surface area contributed by atoms with Gasteiger partial charge in [0.15, 0.2) is 0 Å². The number of H-pyrrole nitrogens is 1. The van der Waals surface area contributed by atoms with E-state index < -0.39 is 0 Å². The van der Waals surface area contributed by atoms with Crippen LogP contribution in [0.15, 0.2) is 30.6 Å². The molecule has 0 radical (unpaired) electrons. The fraction of sp³-hybridized carbons (Fsp3) is 0.350. The molecule has 6 heteroatoms. The monoisotopic (exact) mass is 365 g/mol. The first-order chi connectivity index (χ1) is 12.7. The van der Waals surface area contributed by atoms with Gasteiger partial charge in [-0.15, -0.1) is 0 Å². The Morgan fingerprint density at radius 3 is 2.88 bits per heavy atom. The van der Waals surface area contributed by atoms with E-state index in [1.165, 1.54) is 22.6 Å². The Hall–Kier alpha value is -2.24. The van der Waals surface area contributed by atoms with Gasteiger partial charge in [0.1, 0.15) is 12.2 Å². The average Bonchev–Trinajstić information content (AvgIpc) is 3.26. The Bertz CT molecular complexity index is 980. The molecule has 26 heavy (non-hydrogen) atoms. The molecule has 132 valence electrons. The van der Waals surface area contributed by atoms with Crippen LogP contribution in [-0.4, -0.2) is 30.9 Å². The Kier molecular flexibility index (Phi) is 3.80. The lowest BCUT2D eigenvalue weighted by molar-refractivity contribution is 0.179. The summed E-state index contributed by atoms with van der Waals surface area (Å²) in [5.74, 6) is 0.882. The van der Waals surface area contributed by atoms with Crippen molar-refractivity contribution < 1.29 is 0 Å². The number of nitrogens with zero attached hydrogens (tertiary/aromatic N) is 4. The second kappa shape index (κ2) is 6.18. The summed E-state index contributed by atoms with van der Waals surface area (Å²) in [7, 11) is 0. The molecule has 5 nitrogen and oxygen atoms in total. The number of rotatable bonds is 2. The van der Waals surface area contributed by atoms with Gasteiger partial charge < -0.3 is 4.98 Å². The normalized spacial score (nSPS) is 19.4. The molecular weight excluding hydrogens is 346 g/mol. The SMILES string of the molecule is Cc1ncnc2c1CN(C1CCc3nc(-c4ccccc4Cl)[nH]c3C1)C2. The van der Waals surface area contributed by atoms with E-state index >= 15 is 0 Å². The van der Waals surface area contributed by atoms with Crippen molar-refractivity contribution in [3.05, 3.63) is 64.0 Å². The number of aryl methyl sites for hydroxylation is 2. The molecule has 1 N–H and O–H groups in total. The highest BCUT2D eigenvalue weighted by Gasteiger charge is 2.32. The number of hydrogen-bond donors (Lipinski definition) is 1. The average molecular weight is 366 g/mol. The van der Waals surface area contributed by atoms with Crippen molar-refractivity contribution in [1.29, 1.82) is 0 Å². The third kappa shape index (κ3) is 2.63. The predicted octanol–water partition coefficient (Wildman–Crippen LogP) is 3.70. The van der Waals surface area contributed by atoms with E-state index in [4.69, 9.17) is 16.6 Å². The standard InChI is InChI=1S/C20H20ClN5/c1-12-15-9-26(10-19(15)23-11-22-12)13-6-7-17-18(8-13)25-20(24-17)14-4-2-3-5-16(14)21/h2-5,11,13H,6-10H2,1H3,(H,24,25). The highest BCUT2D eigenvalue weighted by Crippen LogP contribution is 2.32. The van der Waals surface area contributed by atoms with Gasteiger partial charge in [-0.25, -0.2) is 15.0 Å². The molecule has 0 amide bonds. The fourth-order valence-corrected chi connectivity index (χ4v) is 4.38. The lowest BCUT2D eigenvalue weighted by Gasteiger charge is -2.30. The maximum atomic E-state index is 6.34. The third-order valence-electron chi connectivity index (χ3n) is 5.63. The summed E-state index contributed by atoms with van der Waals surface area (Å²) < 4.78 is 0. The summed E-state index contributed by atoms with van der Waals surface area (Å²) in [6.07, 6.45) is 4.80. The topological polar surface area (TPSA) is 57.7 Å². The van der Waals surface area contributed by atoms with Gasteiger partial charge in [0.05, 0.1) is 16.4 Å². The zero-order chi connectivity index (χ0) is 17.7. The zero-order valence-electron chi connectivity index (χ0n) is 14.7. The quantitative estimate of drug-likeness (QED) is 0.752. The second-order valence-electron chi connectivity index (χ2n) is 7.18. The Labute approximate surface area is 157 Å². The second-order valence-corrected chi connectivity index (χ2v) is 7.58. The number of hydrogen-bond acceptors (Lipinski definition) is 4. The number of nitrogens with one attached hydrogen (secondary N) is 1. The maximum Gasteiger partial charge on any atom is 0.139 e. The molecule has 1 atom stereocenters. The van der Waals surface area contributed by atoms with E-state index in [0.29, 0.717) is 6.04 Å². The van der Waals surface area contributed by atoms with Crippen molar-refractivity contribution in [2.45, 2.75) is 45.3 Å². The number of aromatic amines is 1. The van der Waals surface area contributed by atoms with Crippen LogP contribution in [0.4, 0.5) is 0 Å². The van der Waals surface area contributed by atoms with E-state index in [1.807, 2.05) is 24.3 Å². The fourth-order valence-electron chi connectivity index (χ4n) is 4.16. The first kappa shape index (κ1) is 16.0. The number of fused-ring (bicyclic) bond motifs is 2. The largest absolute Gasteiger partial charge is 0.342 e. The molecule has 1 aromatic carbocycles. The van der Waals surface area contributed by atoms with Crippen molar-refractivity contribution in [1.82, 2.24) is 24.8 Å². The molecule has 0 saturated heterocycles. The summed E-state index contributed by atoms with van der Waals surface area (Å²) in [5.41, 5.74) is 7.00. The minimum Gasteiger partial charge on any atom is -0.342 e. The van der Waals surface area contributed by atoms with Crippen LogP contribution in [0.25, 0.3) is 11.4 Å². The Morgan fingerprint density at radius 2 is 2.04 bits per heavy atom. The van der Waals surface area contributed by atoms with Gasteiger partial charge in [0.25, 0.3) is 0 Å². The molecule has 1 aliphatic carbocycles. The van der Waals surface area contributed by atoms with Gasteiger partial charge in [-0.2, -0.15) is 0 Å². The van der Waals surface area contributed by atoms with Crippen LogP contribution in [0.1, 0.15) is 34.8 Å². The molecule has 3 heterocycles. The minimum atomic E-state index is 0.510. The van der Waals surface area contributed by atoms with Crippen LogP contribution in [0.3, 0.4) is 0 Å². The molecule has 1 aliphatic heterocycles.